The first-order valence-electron chi connectivity index (χ1n) is 6.67. The SMILES string of the molecule is CCN(Cc1ccccc1)c1cc(C(N)=S)cc(C)n1. The average Bonchev–Trinajstić information content (AvgIpc) is 2.45. The lowest BCUT2D eigenvalue weighted by atomic mass is 10.2. The van der Waals surface area contributed by atoms with Gasteiger partial charge in [0.2, 0.25) is 0 Å². The Balaban J connectivity index is 2.29. The first-order valence-corrected chi connectivity index (χ1v) is 7.08. The van der Waals surface area contributed by atoms with Crippen molar-refractivity contribution in [1.82, 2.24) is 4.98 Å². The molecule has 4 heteroatoms. The first kappa shape index (κ1) is 14.5. The number of pyridine rings is 1. The third-order valence-electron chi connectivity index (χ3n) is 3.15. The summed E-state index contributed by atoms with van der Waals surface area (Å²) in [6, 6.07) is 14.2. The number of thiocarbonyl (C=S) groups is 1. The van der Waals surface area contributed by atoms with E-state index >= 15 is 0 Å². The third-order valence-corrected chi connectivity index (χ3v) is 3.38. The minimum atomic E-state index is 0.410. The normalized spacial score (nSPS) is 10.3. The zero-order valence-electron chi connectivity index (χ0n) is 11.8. The van der Waals surface area contributed by atoms with Crippen LogP contribution in [0.25, 0.3) is 0 Å². The molecule has 2 N–H and O–H groups in total. The van der Waals surface area contributed by atoms with E-state index in [1.54, 1.807) is 0 Å². The molecule has 0 saturated heterocycles. The lowest BCUT2D eigenvalue weighted by molar-refractivity contribution is 0.810. The number of nitrogens with two attached hydrogens (primary N) is 1. The fraction of sp³-hybridized carbons (Fsp3) is 0.250. The number of benzene rings is 1. The number of rotatable bonds is 5. The lowest BCUT2D eigenvalue weighted by Crippen LogP contribution is -2.24. The van der Waals surface area contributed by atoms with Crippen LogP contribution in [0, 0.1) is 6.92 Å². The highest BCUT2D eigenvalue weighted by molar-refractivity contribution is 7.80. The molecule has 104 valence electrons. The van der Waals surface area contributed by atoms with Crippen molar-refractivity contribution in [3.8, 4) is 0 Å². The van der Waals surface area contributed by atoms with E-state index in [1.165, 1.54) is 5.56 Å². The first-order chi connectivity index (χ1) is 9.60. The van der Waals surface area contributed by atoms with E-state index in [0.29, 0.717) is 4.99 Å². The zero-order chi connectivity index (χ0) is 14.5. The summed E-state index contributed by atoms with van der Waals surface area (Å²) in [6.45, 7) is 5.78. The summed E-state index contributed by atoms with van der Waals surface area (Å²) in [5.74, 6) is 0.916. The largest absolute Gasteiger partial charge is 0.389 e. The van der Waals surface area contributed by atoms with E-state index in [9.17, 15) is 0 Å². The van der Waals surface area contributed by atoms with Gasteiger partial charge in [-0.05, 0) is 31.5 Å². The molecular weight excluding hydrogens is 266 g/mol. The van der Waals surface area contributed by atoms with E-state index < -0.39 is 0 Å². The summed E-state index contributed by atoms with van der Waals surface area (Å²) in [5.41, 5.74) is 8.79. The van der Waals surface area contributed by atoms with Crippen LogP contribution in [0.4, 0.5) is 5.82 Å². The highest BCUT2D eigenvalue weighted by Crippen LogP contribution is 2.17. The van der Waals surface area contributed by atoms with E-state index in [4.69, 9.17) is 18.0 Å². The molecular formula is C16H19N3S. The fourth-order valence-electron chi connectivity index (χ4n) is 2.11. The third kappa shape index (κ3) is 3.54. The van der Waals surface area contributed by atoms with Crippen LogP contribution in [0.3, 0.4) is 0 Å². The number of aromatic nitrogens is 1. The molecule has 3 nitrogen and oxygen atoms in total. The Hall–Kier alpha value is -1.94. The number of hydrogen-bond donors (Lipinski definition) is 1. The van der Waals surface area contributed by atoms with Gasteiger partial charge >= 0.3 is 0 Å². The van der Waals surface area contributed by atoms with Crippen LogP contribution < -0.4 is 10.6 Å². The van der Waals surface area contributed by atoms with Gasteiger partial charge in [0.15, 0.2) is 0 Å². The van der Waals surface area contributed by atoms with Crippen molar-refractivity contribution < 1.29 is 0 Å². The molecule has 1 aromatic heterocycles. The van der Waals surface area contributed by atoms with Crippen LogP contribution >= 0.6 is 12.2 Å². The van der Waals surface area contributed by atoms with Gasteiger partial charge in [0.25, 0.3) is 0 Å². The second-order valence-electron chi connectivity index (χ2n) is 4.72. The molecule has 1 heterocycles. The summed E-state index contributed by atoms with van der Waals surface area (Å²) in [6.07, 6.45) is 0. The van der Waals surface area contributed by atoms with Gasteiger partial charge in [-0.2, -0.15) is 0 Å². The second kappa shape index (κ2) is 6.48. The van der Waals surface area contributed by atoms with Crippen molar-refractivity contribution in [2.45, 2.75) is 20.4 Å². The van der Waals surface area contributed by atoms with E-state index in [2.05, 4.69) is 28.9 Å². The Morgan fingerprint density at radius 3 is 2.55 bits per heavy atom. The number of anilines is 1. The van der Waals surface area contributed by atoms with Crippen molar-refractivity contribution in [2.75, 3.05) is 11.4 Å². The summed E-state index contributed by atoms with van der Waals surface area (Å²) in [5, 5.41) is 0. The molecule has 0 aliphatic heterocycles. The fourth-order valence-corrected chi connectivity index (χ4v) is 2.23. The Kier molecular flexibility index (Phi) is 4.69. The van der Waals surface area contributed by atoms with Gasteiger partial charge in [0.05, 0.1) is 0 Å². The van der Waals surface area contributed by atoms with Crippen LogP contribution in [0.15, 0.2) is 42.5 Å². The predicted octanol–water partition coefficient (Wildman–Crippen LogP) is 3.05. The average molecular weight is 285 g/mol. The maximum Gasteiger partial charge on any atom is 0.129 e. The monoisotopic (exact) mass is 285 g/mol. The molecule has 20 heavy (non-hydrogen) atoms. The Morgan fingerprint density at radius 1 is 1.25 bits per heavy atom. The molecule has 0 radical (unpaired) electrons. The molecule has 0 fully saturated rings. The van der Waals surface area contributed by atoms with Crippen LogP contribution in [0.1, 0.15) is 23.7 Å². The summed E-state index contributed by atoms with van der Waals surface area (Å²) in [4.78, 5) is 7.22. The van der Waals surface area contributed by atoms with Gasteiger partial charge in [-0.3, -0.25) is 0 Å². The molecule has 0 aliphatic rings. The molecule has 1 aromatic carbocycles. The van der Waals surface area contributed by atoms with Gasteiger partial charge in [0, 0.05) is 24.3 Å². The Labute approximate surface area is 125 Å². The topological polar surface area (TPSA) is 42.1 Å². The molecule has 0 spiro atoms. The van der Waals surface area contributed by atoms with Crippen molar-refractivity contribution in [2.24, 2.45) is 5.73 Å². The van der Waals surface area contributed by atoms with Gasteiger partial charge < -0.3 is 10.6 Å². The van der Waals surface area contributed by atoms with Crippen molar-refractivity contribution >= 4 is 23.0 Å². The Bertz CT molecular complexity index is 596. The van der Waals surface area contributed by atoms with Crippen LogP contribution in [-0.2, 0) is 6.54 Å². The highest BCUT2D eigenvalue weighted by Gasteiger charge is 2.09. The minimum absolute atomic E-state index is 0.410. The smallest absolute Gasteiger partial charge is 0.129 e. The molecule has 2 rings (SSSR count). The quantitative estimate of drug-likeness (QED) is 0.857. The number of aryl methyl sites for hydroxylation is 1. The molecule has 0 amide bonds. The summed E-state index contributed by atoms with van der Waals surface area (Å²) >= 11 is 5.07. The maximum atomic E-state index is 5.73. The summed E-state index contributed by atoms with van der Waals surface area (Å²) < 4.78 is 0. The van der Waals surface area contributed by atoms with E-state index in [1.807, 2.05) is 37.3 Å². The number of hydrogen-bond acceptors (Lipinski definition) is 3. The van der Waals surface area contributed by atoms with Crippen LogP contribution in [0.5, 0.6) is 0 Å². The molecule has 0 saturated carbocycles. The van der Waals surface area contributed by atoms with Crippen molar-refractivity contribution in [1.29, 1.82) is 0 Å². The summed E-state index contributed by atoms with van der Waals surface area (Å²) in [7, 11) is 0. The maximum absolute atomic E-state index is 5.73. The lowest BCUT2D eigenvalue weighted by Gasteiger charge is -2.23. The molecule has 0 aliphatic carbocycles. The Morgan fingerprint density at radius 2 is 1.95 bits per heavy atom. The van der Waals surface area contributed by atoms with Crippen LogP contribution in [0.2, 0.25) is 0 Å². The molecule has 0 bridgehead atoms. The van der Waals surface area contributed by atoms with Crippen molar-refractivity contribution in [3.05, 3.63) is 59.3 Å². The van der Waals surface area contributed by atoms with Gasteiger partial charge in [0.1, 0.15) is 10.8 Å². The standard InChI is InChI=1S/C16H19N3S/c1-3-19(11-13-7-5-4-6-8-13)15-10-14(16(17)20)9-12(2)18-15/h4-10H,3,11H2,1-2H3,(H2,17,20). The minimum Gasteiger partial charge on any atom is -0.389 e. The molecule has 2 aromatic rings. The zero-order valence-corrected chi connectivity index (χ0v) is 12.7. The van der Waals surface area contributed by atoms with E-state index in [-0.39, 0.29) is 0 Å². The highest BCUT2D eigenvalue weighted by atomic mass is 32.1. The molecule has 0 unspecified atom stereocenters. The second-order valence-corrected chi connectivity index (χ2v) is 5.16. The van der Waals surface area contributed by atoms with Gasteiger partial charge in [-0.25, -0.2) is 4.98 Å². The molecule has 0 atom stereocenters. The number of nitrogens with zero attached hydrogens (tertiary/aromatic N) is 2. The predicted molar refractivity (Wildman–Crippen MR) is 88.0 cm³/mol. The van der Waals surface area contributed by atoms with Gasteiger partial charge in [-0.15, -0.1) is 0 Å². The van der Waals surface area contributed by atoms with Gasteiger partial charge in [-0.1, -0.05) is 42.5 Å². The van der Waals surface area contributed by atoms with E-state index in [0.717, 1.165) is 30.2 Å². The van der Waals surface area contributed by atoms with Crippen LogP contribution in [-0.4, -0.2) is 16.5 Å². The van der Waals surface area contributed by atoms with Crippen molar-refractivity contribution in [3.63, 3.8) is 0 Å².